The fraction of sp³-hybridized carbons (Fsp3) is 0.513. The molecule has 0 radical (unpaired) electrons. The van der Waals surface area contributed by atoms with Crippen LogP contribution in [0.2, 0.25) is 0 Å². The number of rotatable bonds is 6. The third kappa shape index (κ3) is 10.4. The van der Waals surface area contributed by atoms with Gasteiger partial charge in [-0.25, -0.2) is 4.98 Å². The molecular weight excluding hydrogens is 1630 g/mol. The number of hydrogen-bond donors (Lipinski definition) is 2. The minimum atomic E-state index is -1.61. The third-order valence-corrected chi connectivity index (χ3v) is 33.5. The summed E-state index contributed by atoms with van der Waals surface area (Å²) in [7, 11) is 6.38. The van der Waals surface area contributed by atoms with Crippen LogP contribution in [0.25, 0.3) is 0 Å². The van der Waals surface area contributed by atoms with Crippen LogP contribution in [0.5, 0.6) is 46.1 Å². The molecule has 11 fully saturated rings. The number of piperazine rings is 3. The molecule has 15 aliphatic heterocycles. The molecule has 0 aliphatic carbocycles. The van der Waals surface area contributed by atoms with Crippen LogP contribution >= 0.6 is 84.5 Å². The number of carbonyl (C=O) groups is 10. The molecular formula is C78H77N13O18S7. The van der Waals surface area contributed by atoms with E-state index < -0.39 is 103 Å². The maximum Gasteiger partial charge on any atom is 0.261 e. The van der Waals surface area contributed by atoms with Gasteiger partial charge < -0.3 is 77.1 Å². The molecule has 8 amide bonds. The lowest BCUT2D eigenvalue weighted by molar-refractivity contribution is -0.163. The number of nitrogens with zero attached hydrogens (tertiary/aromatic N) is 13. The highest BCUT2D eigenvalue weighted by Gasteiger charge is 2.87. The van der Waals surface area contributed by atoms with Gasteiger partial charge in [-0.3, -0.25) is 47.9 Å². The fourth-order valence-electron chi connectivity index (χ4n) is 20.1. The smallest absolute Gasteiger partial charge is 0.261 e. The predicted octanol–water partition coefficient (Wildman–Crippen LogP) is 8.27. The normalized spacial score (nSPS) is 37.9. The van der Waals surface area contributed by atoms with Gasteiger partial charge in [-0.05, 0) is 132 Å². The Hall–Kier alpha value is -9.54. The van der Waals surface area contributed by atoms with Crippen LogP contribution in [0.3, 0.4) is 0 Å². The van der Waals surface area contributed by atoms with E-state index >= 15 is 0 Å². The zero-order valence-electron chi connectivity index (χ0n) is 65.1. The van der Waals surface area contributed by atoms with Gasteiger partial charge in [0.15, 0.2) is 79.7 Å². The van der Waals surface area contributed by atoms with E-state index in [4.69, 9.17) is 50.1 Å². The van der Waals surface area contributed by atoms with E-state index in [-0.39, 0.29) is 92.1 Å². The van der Waals surface area contributed by atoms with Crippen molar-refractivity contribution in [2.75, 3.05) is 55.4 Å². The Kier molecular flexibility index (Phi) is 18.0. The highest BCUT2D eigenvalue weighted by atomic mass is 32.2. The molecule has 15 aliphatic rings. The molecule has 604 valence electrons. The molecule has 1 aromatic heterocycles. The van der Waals surface area contributed by atoms with Gasteiger partial charge in [0, 0.05) is 80.3 Å². The SMILES string of the molecule is CC(=O)S[C@@]1(C)C(=O)N2C(c3ccc4c(c3)OCO4)[C@@](C)(C#N)C[C@]2(SC(C)=O)C(=O)N1C.CN1C(=O)[C@@]2(S)C[C@](C)(C#N)C(c3ccc4c(c3)OCO4)N2C(=O)[C@]1(C)S.CN1C(=O)[C@@]23C[C@](C)(C#N)C(c4ccc5c(c4)OCO5)N2C(=O)[C@]2(C)SC(=S)C12S3.CN1C(=O)[C@@]23C[C@](C)(C#N)C(c4cnc5c(c4)OCO5)N2C(=O)[C@@]1(C)C3. The Morgan fingerprint density at radius 2 is 0.931 bits per heavy atom. The highest BCUT2D eigenvalue weighted by Crippen LogP contribution is 2.77. The minimum Gasteiger partial charge on any atom is -0.454 e. The van der Waals surface area contributed by atoms with E-state index in [0.717, 1.165) is 29.1 Å². The second-order valence-electron chi connectivity index (χ2n) is 33.1. The Bertz CT molecular complexity index is 5410. The summed E-state index contributed by atoms with van der Waals surface area (Å²) in [5, 5.41) is 39.7. The van der Waals surface area contributed by atoms with Crippen molar-refractivity contribution >= 4 is 146 Å². The molecule has 116 heavy (non-hydrogen) atoms. The van der Waals surface area contributed by atoms with Crippen LogP contribution in [0.4, 0.5) is 0 Å². The first-order valence-electron chi connectivity index (χ1n) is 36.7. The topological polar surface area (TPSA) is 379 Å². The molecule has 5 unspecified atom stereocenters. The number of amides is 8. The molecule has 3 aromatic carbocycles. The molecule has 0 saturated carbocycles. The molecule has 31 nitrogen and oxygen atoms in total. The number of likely N-dealkylation sites (tertiary alicyclic amines) is 1. The van der Waals surface area contributed by atoms with Crippen LogP contribution in [0.1, 0.15) is 148 Å². The maximum atomic E-state index is 14.1. The molecule has 4 bridgehead atoms. The zero-order chi connectivity index (χ0) is 83.9. The monoisotopic (exact) mass is 1710 g/mol. The van der Waals surface area contributed by atoms with Crippen LogP contribution in [-0.4, -0.2) is 206 Å². The van der Waals surface area contributed by atoms with E-state index in [1.54, 1.807) is 116 Å². The Labute approximate surface area is 699 Å². The zero-order valence-corrected chi connectivity index (χ0v) is 71.0. The molecule has 0 N–H and O–H groups in total. The summed E-state index contributed by atoms with van der Waals surface area (Å²) in [4.78, 5) is 141. The number of aromatic nitrogens is 1. The Balaban J connectivity index is 0.000000116. The van der Waals surface area contributed by atoms with Crippen molar-refractivity contribution in [2.24, 2.45) is 21.7 Å². The van der Waals surface area contributed by atoms with Gasteiger partial charge in [0.25, 0.3) is 35.4 Å². The van der Waals surface area contributed by atoms with Crippen molar-refractivity contribution in [2.45, 2.75) is 171 Å². The minimum absolute atomic E-state index is 0.0460. The Morgan fingerprint density at radius 1 is 0.474 bits per heavy atom. The van der Waals surface area contributed by atoms with E-state index in [1.807, 2.05) is 32.9 Å². The molecule has 16 heterocycles. The second-order valence-corrected chi connectivity index (χ2v) is 41.3. The van der Waals surface area contributed by atoms with E-state index in [1.165, 1.54) is 78.0 Å². The van der Waals surface area contributed by atoms with Gasteiger partial charge in [0.05, 0.1) is 74.3 Å². The molecule has 11 saturated heterocycles. The number of pyridine rings is 1. The first-order valence-corrected chi connectivity index (χ1v) is 41.3. The van der Waals surface area contributed by atoms with Crippen LogP contribution in [0, 0.1) is 67.0 Å². The van der Waals surface area contributed by atoms with Crippen LogP contribution < -0.4 is 37.9 Å². The van der Waals surface area contributed by atoms with E-state index in [2.05, 4.69) is 54.5 Å². The summed E-state index contributed by atoms with van der Waals surface area (Å²) >= 11 is 18.9. The average molecular weight is 1710 g/mol. The highest BCUT2D eigenvalue weighted by molar-refractivity contribution is 8.30. The first kappa shape index (κ1) is 80.3. The van der Waals surface area contributed by atoms with Gasteiger partial charge in [0.1, 0.15) is 15.8 Å². The largest absolute Gasteiger partial charge is 0.454 e. The molecule has 38 heteroatoms. The summed E-state index contributed by atoms with van der Waals surface area (Å²) < 4.78 is 43.1. The van der Waals surface area contributed by atoms with Crippen molar-refractivity contribution in [3.63, 3.8) is 0 Å². The molecule has 4 aromatic rings. The summed E-state index contributed by atoms with van der Waals surface area (Å²) in [6.07, 6.45) is 2.66. The number of thioether (sulfide) groups is 4. The van der Waals surface area contributed by atoms with Gasteiger partial charge in [-0.1, -0.05) is 65.7 Å². The van der Waals surface area contributed by atoms with Crippen LogP contribution in [-0.2, 0) is 47.9 Å². The van der Waals surface area contributed by atoms with Crippen molar-refractivity contribution in [3.8, 4) is 70.4 Å². The summed E-state index contributed by atoms with van der Waals surface area (Å²) in [5.74, 6) is 2.05. The predicted molar refractivity (Wildman–Crippen MR) is 425 cm³/mol. The quantitative estimate of drug-likeness (QED) is 0.135. The number of fused-ring (bicyclic) bond motifs is 7. The summed E-state index contributed by atoms with van der Waals surface area (Å²) in [6, 6.07) is 24.4. The molecule has 17 atom stereocenters. The lowest BCUT2D eigenvalue weighted by Crippen LogP contribution is -2.74. The van der Waals surface area contributed by atoms with Crippen molar-refractivity contribution in [1.29, 1.82) is 21.0 Å². The van der Waals surface area contributed by atoms with E-state index in [9.17, 15) is 69.0 Å². The first-order chi connectivity index (χ1) is 54.4. The van der Waals surface area contributed by atoms with Crippen molar-refractivity contribution in [1.82, 2.24) is 44.2 Å². The second kappa shape index (κ2) is 26.0. The Morgan fingerprint density at radius 3 is 1.45 bits per heavy atom. The van der Waals surface area contributed by atoms with Gasteiger partial charge in [-0.2, -0.15) is 21.0 Å². The van der Waals surface area contributed by atoms with Gasteiger partial charge in [-0.15, -0.1) is 25.3 Å². The number of hydrogen-bond acceptors (Lipinski definition) is 30. The number of benzene rings is 3. The van der Waals surface area contributed by atoms with Gasteiger partial charge >= 0.3 is 0 Å². The molecule has 19 rings (SSSR count). The lowest BCUT2D eigenvalue weighted by Gasteiger charge is -2.60. The lowest BCUT2D eigenvalue weighted by atomic mass is 9.76. The number of nitriles is 4. The van der Waals surface area contributed by atoms with Crippen molar-refractivity contribution < 1.29 is 85.8 Å². The third-order valence-electron chi connectivity index (χ3n) is 25.8. The number of ether oxygens (including phenoxy) is 8. The van der Waals surface area contributed by atoms with Crippen LogP contribution in [0.15, 0.2) is 66.9 Å². The number of likely N-dealkylation sites (N-methyl/N-ethyl adjacent to an activating group) is 4. The maximum absolute atomic E-state index is 14.1. The van der Waals surface area contributed by atoms with E-state index in [0.29, 0.717) is 79.9 Å². The number of carbonyl (C=O) groups excluding carboxylic acids is 10. The summed E-state index contributed by atoms with van der Waals surface area (Å²) in [5.41, 5.74) is -3.15. The van der Waals surface area contributed by atoms with Crippen molar-refractivity contribution in [3.05, 3.63) is 89.1 Å². The average Bonchev–Trinajstić information content (AvgIpc) is 1.46. The number of thiol groups is 2. The fourth-order valence-corrected chi connectivity index (χ4v) is 28.0. The standard InChI is InChI=1S/C22H23N3O6S2.C20H17N3O4S3.C18H18N4O4.C18H19N3O4S2/c1-12(26)32-21(4)18(28)25-17(14-6-7-15-16(8-14)31-11-30-15)20(3,10-23)9-22(25,33-13(2)27)19(29)24(21)5;1-17(8-21)7-19-15(25)22(3)20(30-19)16(28)29-18(20,2)14(24)23(19)13(17)10-4-5-11-12(6-10)27-9-26-11;1-16(8-19)6-18-7-17(2,21(3)15(18)24)14(23)22(18)12(16)10-4-11-13(20-5-10)26-9-25-11;1-16(8-19)7-18(27)15(23)20(3)17(2,26)14(22)21(18)13(16)10-4-5-11-12(6-10)25-9-24-11/h6-8,17H,9,11H2,1-5H3;4-6,13H,7,9H2,1-3H3;4-5,12H,6-7,9H2,1-3H3;4-6,13,26-27H,7,9H2,1-3H3/t17?,20-,21+,22+;13?,17-,18+,19+,20?;12?,16-,17-,18+;13?,16-,17+,18+/m1111/s1. The number of thiocarbonyl (C=S) groups is 1. The molecule has 3 spiro atoms. The summed E-state index contributed by atoms with van der Waals surface area (Å²) in [6.45, 7) is 16.9. The van der Waals surface area contributed by atoms with Gasteiger partial charge in [0.2, 0.25) is 44.9 Å².